The highest BCUT2D eigenvalue weighted by Gasteiger charge is 2.22. The summed E-state index contributed by atoms with van der Waals surface area (Å²) in [7, 11) is 3.27. The molecule has 0 fully saturated rings. The fraction of sp³-hybridized carbons (Fsp3) is 0.360. The predicted octanol–water partition coefficient (Wildman–Crippen LogP) is 4.59. The molecule has 1 aromatic heterocycles. The van der Waals surface area contributed by atoms with Crippen LogP contribution in [0.5, 0.6) is 11.5 Å². The largest absolute Gasteiger partial charge is 0.493 e. The molecule has 0 aliphatic heterocycles. The van der Waals surface area contributed by atoms with Gasteiger partial charge in [-0.2, -0.15) is 0 Å². The molecule has 1 N–H and O–H groups in total. The molecule has 32 heavy (non-hydrogen) atoms. The number of carbonyl (C=O) groups excluding carboxylic acids is 1. The van der Waals surface area contributed by atoms with Gasteiger partial charge < -0.3 is 19.2 Å². The number of oxazole rings is 1. The average molecular weight is 438 g/mol. The first-order valence-electron chi connectivity index (χ1n) is 10.7. The maximum Gasteiger partial charge on any atom is 0.273 e. The number of nitrogens with zero attached hydrogens (tertiary/aromatic N) is 2. The number of para-hydroxylation sites is 1. The number of nitrogens with one attached hydrogen (secondary N) is 1. The van der Waals surface area contributed by atoms with E-state index in [1.807, 2.05) is 50.2 Å². The molecule has 0 aliphatic rings. The van der Waals surface area contributed by atoms with Crippen molar-refractivity contribution in [1.82, 2.24) is 15.2 Å². The number of benzene rings is 2. The Bertz CT molecular complexity index is 1020. The van der Waals surface area contributed by atoms with Crippen LogP contribution in [0.1, 0.15) is 54.3 Å². The summed E-state index contributed by atoms with van der Waals surface area (Å²) in [5.74, 6) is 1.61. The summed E-state index contributed by atoms with van der Waals surface area (Å²) < 4.78 is 16.8. The van der Waals surface area contributed by atoms with Gasteiger partial charge in [0.2, 0.25) is 5.89 Å². The maximum atomic E-state index is 12.3. The smallest absolute Gasteiger partial charge is 0.273 e. The zero-order valence-corrected chi connectivity index (χ0v) is 19.3. The zero-order chi connectivity index (χ0) is 23.1. The third-order valence-electron chi connectivity index (χ3n) is 5.23. The van der Waals surface area contributed by atoms with Crippen LogP contribution >= 0.6 is 0 Å². The number of aromatic nitrogens is 1. The highest BCUT2D eigenvalue weighted by atomic mass is 16.5. The molecule has 1 heterocycles. The number of ether oxygens (including phenoxy) is 2. The first-order chi connectivity index (χ1) is 15.4. The second-order valence-corrected chi connectivity index (χ2v) is 7.90. The van der Waals surface area contributed by atoms with Crippen LogP contribution < -0.4 is 14.8 Å². The minimum atomic E-state index is -0.243. The van der Waals surface area contributed by atoms with Gasteiger partial charge in [-0.15, -0.1) is 0 Å². The minimum absolute atomic E-state index is 0.0257. The van der Waals surface area contributed by atoms with Gasteiger partial charge in [0.15, 0.2) is 17.2 Å². The first-order valence-corrected chi connectivity index (χ1v) is 10.7. The van der Waals surface area contributed by atoms with Gasteiger partial charge in [0, 0.05) is 24.2 Å². The summed E-state index contributed by atoms with van der Waals surface area (Å²) in [6, 6.07) is 16.2. The van der Waals surface area contributed by atoms with E-state index >= 15 is 0 Å². The molecule has 1 unspecified atom stereocenters. The number of hydrogen-bond donors (Lipinski definition) is 1. The van der Waals surface area contributed by atoms with Crippen molar-refractivity contribution >= 4 is 5.91 Å². The van der Waals surface area contributed by atoms with Crippen LogP contribution in [0.2, 0.25) is 0 Å². The van der Waals surface area contributed by atoms with Gasteiger partial charge in [0.1, 0.15) is 6.26 Å². The first kappa shape index (κ1) is 23.3. The van der Waals surface area contributed by atoms with Crippen molar-refractivity contribution in [2.24, 2.45) is 0 Å². The zero-order valence-electron chi connectivity index (χ0n) is 19.3. The Labute approximate surface area is 189 Å². The fourth-order valence-electron chi connectivity index (χ4n) is 3.57. The monoisotopic (exact) mass is 437 g/mol. The molecule has 0 saturated carbocycles. The van der Waals surface area contributed by atoms with E-state index in [-0.39, 0.29) is 23.7 Å². The Kier molecular flexibility index (Phi) is 7.89. The molecule has 7 heteroatoms. The molecular weight excluding hydrogens is 406 g/mol. The van der Waals surface area contributed by atoms with Crippen LogP contribution in [-0.2, 0) is 13.1 Å². The molecule has 0 saturated heterocycles. The molecule has 0 radical (unpaired) electrons. The van der Waals surface area contributed by atoms with Crippen LogP contribution in [0.3, 0.4) is 0 Å². The highest BCUT2D eigenvalue weighted by molar-refractivity contribution is 5.92. The van der Waals surface area contributed by atoms with E-state index in [0.29, 0.717) is 30.5 Å². The van der Waals surface area contributed by atoms with Gasteiger partial charge in [0.25, 0.3) is 5.91 Å². The van der Waals surface area contributed by atoms with Crippen molar-refractivity contribution in [3.63, 3.8) is 0 Å². The van der Waals surface area contributed by atoms with Crippen LogP contribution in [0.4, 0.5) is 0 Å². The Morgan fingerprint density at radius 3 is 2.44 bits per heavy atom. The molecule has 3 aromatic rings. The maximum absolute atomic E-state index is 12.3. The second-order valence-electron chi connectivity index (χ2n) is 7.90. The quantitative estimate of drug-likeness (QED) is 0.500. The number of carbonyl (C=O) groups is 1. The summed E-state index contributed by atoms with van der Waals surface area (Å²) in [5.41, 5.74) is 2.43. The van der Waals surface area contributed by atoms with E-state index in [9.17, 15) is 4.79 Å². The number of amides is 1. The molecule has 1 amide bonds. The Balaban J connectivity index is 1.89. The molecule has 0 aliphatic carbocycles. The molecule has 3 rings (SSSR count). The molecule has 0 spiro atoms. The molecule has 2 aromatic carbocycles. The summed E-state index contributed by atoms with van der Waals surface area (Å²) >= 11 is 0. The molecule has 170 valence electrons. The van der Waals surface area contributed by atoms with E-state index < -0.39 is 0 Å². The van der Waals surface area contributed by atoms with Gasteiger partial charge in [-0.05, 0) is 32.4 Å². The summed E-state index contributed by atoms with van der Waals surface area (Å²) in [5, 5.41) is 2.84. The van der Waals surface area contributed by atoms with Gasteiger partial charge in [-0.3, -0.25) is 9.69 Å². The van der Waals surface area contributed by atoms with E-state index in [0.717, 1.165) is 5.56 Å². The van der Waals surface area contributed by atoms with Crippen molar-refractivity contribution in [2.45, 2.75) is 45.9 Å². The van der Waals surface area contributed by atoms with Gasteiger partial charge >= 0.3 is 0 Å². The van der Waals surface area contributed by atoms with Crippen molar-refractivity contribution in [1.29, 1.82) is 0 Å². The molecule has 7 nitrogen and oxygen atoms in total. The third-order valence-corrected chi connectivity index (χ3v) is 5.23. The van der Waals surface area contributed by atoms with E-state index in [4.69, 9.17) is 13.9 Å². The van der Waals surface area contributed by atoms with Crippen LogP contribution in [0.15, 0.2) is 59.2 Å². The minimum Gasteiger partial charge on any atom is -0.493 e. The normalized spacial score (nSPS) is 12.1. The lowest BCUT2D eigenvalue weighted by Crippen LogP contribution is -2.30. The van der Waals surface area contributed by atoms with Crippen LogP contribution in [0.25, 0.3) is 0 Å². The Hall–Kier alpha value is -3.32. The molecule has 0 bridgehead atoms. The van der Waals surface area contributed by atoms with Crippen molar-refractivity contribution < 1.29 is 18.7 Å². The summed E-state index contributed by atoms with van der Waals surface area (Å²) in [6.45, 7) is 6.95. The summed E-state index contributed by atoms with van der Waals surface area (Å²) in [4.78, 5) is 18.9. The Morgan fingerprint density at radius 2 is 1.78 bits per heavy atom. The average Bonchev–Trinajstić information content (AvgIpc) is 3.27. The number of hydrogen-bond acceptors (Lipinski definition) is 6. The van der Waals surface area contributed by atoms with Gasteiger partial charge in [-0.1, -0.05) is 42.5 Å². The van der Waals surface area contributed by atoms with E-state index in [1.165, 1.54) is 11.8 Å². The lowest BCUT2D eigenvalue weighted by Gasteiger charge is -2.29. The van der Waals surface area contributed by atoms with E-state index in [1.54, 1.807) is 14.2 Å². The molecular formula is C25H31N3O4. The van der Waals surface area contributed by atoms with Gasteiger partial charge in [0.05, 0.1) is 20.8 Å². The van der Waals surface area contributed by atoms with Crippen molar-refractivity contribution in [3.8, 4) is 11.5 Å². The standard InChI is InChI=1S/C25H31N3O4/c1-17(2)26-25(29)21-16-32-23(27-21)15-28(18(3)19-10-7-6-8-11-19)14-20-12-9-13-22(30-4)24(20)31-5/h6-13,16-18H,14-15H2,1-5H3,(H,26,29). The number of rotatable bonds is 10. The van der Waals surface area contributed by atoms with Crippen molar-refractivity contribution in [3.05, 3.63) is 77.5 Å². The lowest BCUT2D eigenvalue weighted by atomic mass is 10.1. The Morgan fingerprint density at radius 1 is 1.03 bits per heavy atom. The van der Waals surface area contributed by atoms with Crippen molar-refractivity contribution in [2.75, 3.05) is 14.2 Å². The third kappa shape index (κ3) is 5.68. The topological polar surface area (TPSA) is 76.8 Å². The SMILES string of the molecule is COc1cccc(CN(Cc2nc(C(=O)NC(C)C)co2)C(C)c2ccccc2)c1OC. The van der Waals surface area contributed by atoms with Crippen LogP contribution in [-0.4, -0.2) is 36.1 Å². The van der Waals surface area contributed by atoms with Gasteiger partial charge in [-0.25, -0.2) is 4.98 Å². The summed E-state index contributed by atoms with van der Waals surface area (Å²) in [6.07, 6.45) is 1.41. The van der Waals surface area contributed by atoms with Crippen LogP contribution in [0, 0.1) is 0 Å². The highest BCUT2D eigenvalue weighted by Crippen LogP contribution is 2.34. The van der Waals surface area contributed by atoms with E-state index in [2.05, 4.69) is 34.3 Å². The predicted molar refractivity (Wildman–Crippen MR) is 123 cm³/mol. The second kappa shape index (κ2) is 10.8. The number of methoxy groups -OCH3 is 2. The lowest BCUT2D eigenvalue weighted by molar-refractivity contribution is 0.0938. The fourth-order valence-corrected chi connectivity index (χ4v) is 3.57. The molecule has 1 atom stereocenters.